The summed E-state index contributed by atoms with van der Waals surface area (Å²) < 4.78 is 0.928. The third kappa shape index (κ3) is 1.91. The summed E-state index contributed by atoms with van der Waals surface area (Å²) in [5, 5.41) is 9.14. The summed E-state index contributed by atoms with van der Waals surface area (Å²) in [6.45, 7) is 0.596. The maximum absolute atomic E-state index is 11.1. The molecular weight excluding hydrogens is 224 g/mol. The Morgan fingerprint density at radius 3 is 2.94 bits per heavy atom. The van der Waals surface area contributed by atoms with Crippen LogP contribution in [0.4, 0.5) is 0 Å². The smallest absolute Gasteiger partial charge is 0.346 e. The van der Waals surface area contributed by atoms with Gasteiger partial charge in [0.25, 0.3) is 0 Å². The monoisotopic (exact) mass is 236 g/mol. The van der Waals surface area contributed by atoms with E-state index >= 15 is 0 Å². The molecule has 16 heavy (non-hydrogen) atoms. The molecule has 0 aromatic carbocycles. The van der Waals surface area contributed by atoms with E-state index in [4.69, 9.17) is 5.11 Å². The highest BCUT2D eigenvalue weighted by molar-refractivity contribution is 7.20. The van der Waals surface area contributed by atoms with Crippen molar-refractivity contribution in [1.82, 2.24) is 9.88 Å². The first kappa shape index (κ1) is 11.0. The van der Waals surface area contributed by atoms with Crippen LogP contribution < -0.4 is 0 Å². The minimum atomic E-state index is -0.875. The van der Waals surface area contributed by atoms with E-state index in [9.17, 15) is 4.79 Å². The molecule has 2 aromatic rings. The van der Waals surface area contributed by atoms with Crippen molar-refractivity contribution in [3.63, 3.8) is 0 Å². The zero-order chi connectivity index (χ0) is 11.7. The van der Waals surface area contributed by atoms with Crippen LogP contribution in [0.2, 0.25) is 0 Å². The molecule has 84 valence electrons. The molecule has 0 aliphatic carbocycles. The normalized spacial score (nSPS) is 11.2. The molecule has 0 radical (unpaired) electrons. The van der Waals surface area contributed by atoms with Gasteiger partial charge in [-0.15, -0.1) is 11.3 Å². The standard InChI is InChI=1S/C11H12N2O2S/c1-13(2)6-7-9-8(4-3-5-12-9)16-10(7)11(14)15/h3-5H,6H2,1-2H3,(H,14,15). The van der Waals surface area contributed by atoms with E-state index in [0.717, 1.165) is 15.8 Å². The van der Waals surface area contributed by atoms with Crippen LogP contribution in [0, 0.1) is 0 Å². The van der Waals surface area contributed by atoms with Crippen molar-refractivity contribution in [1.29, 1.82) is 0 Å². The number of hydrogen-bond acceptors (Lipinski definition) is 4. The lowest BCUT2D eigenvalue weighted by Gasteiger charge is -2.08. The minimum absolute atomic E-state index is 0.391. The summed E-state index contributed by atoms with van der Waals surface area (Å²) in [7, 11) is 3.83. The maximum Gasteiger partial charge on any atom is 0.346 e. The summed E-state index contributed by atoms with van der Waals surface area (Å²) in [6, 6.07) is 3.72. The predicted molar refractivity (Wildman–Crippen MR) is 64.0 cm³/mol. The molecule has 0 saturated carbocycles. The fourth-order valence-corrected chi connectivity index (χ4v) is 2.63. The molecule has 4 nitrogen and oxygen atoms in total. The number of thiophene rings is 1. The number of aromatic nitrogens is 1. The van der Waals surface area contributed by atoms with Gasteiger partial charge in [0, 0.05) is 18.3 Å². The van der Waals surface area contributed by atoms with Gasteiger partial charge in [-0.05, 0) is 26.2 Å². The van der Waals surface area contributed by atoms with Gasteiger partial charge in [0.05, 0.1) is 10.2 Å². The number of aromatic carboxylic acids is 1. The molecule has 0 fully saturated rings. The zero-order valence-corrected chi connectivity index (χ0v) is 9.91. The lowest BCUT2D eigenvalue weighted by Crippen LogP contribution is -2.13. The van der Waals surface area contributed by atoms with E-state index in [1.54, 1.807) is 6.20 Å². The first-order valence-electron chi connectivity index (χ1n) is 4.84. The van der Waals surface area contributed by atoms with Gasteiger partial charge in [0.2, 0.25) is 0 Å². The van der Waals surface area contributed by atoms with E-state index in [0.29, 0.717) is 11.4 Å². The number of fused-ring (bicyclic) bond motifs is 1. The molecular formula is C11H12N2O2S. The molecule has 2 aromatic heterocycles. The Kier molecular flexibility index (Phi) is 2.89. The van der Waals surface area contributed by atoms with Crippen LogP contribution in [0.5, 0.6) is 0 Å². The molecule has 5 heteroatoms. The van der Waals surface area contributed by atoms with Crippen molar-refractivity contribution < 1.29 is 9.90 Å². The Hall–Kier alpha value is -1.46. The summed E-state index contributed by atoms with van der Waals surface area (Å²) >= 11 is 1.29. The van der Waals surface area contributed by atoms with Gasteiger partial charge in [-0.2, -0.15) is 0 Å². The van der Waals surface area contributed by atoms with Crippen LogP contribution in [-0.4, -0.2) is 35.1 Å². The lowest BCUT2D eigenvalue weighted by molar-refractivity contribution is 0.0700. The number of carboxylic acids is 1. The van der Waals surface area contributed by atoms with E-state index < -0.39 is 5.97 Å². The second kappa shape index (κ2) is 4.19. The summed E-state index contributed by atoms with van der Waals surface area (Å²) in [6.07, 6.45) is 1.69. The van der Waals surface area contributed by atoms with Crippen LogP contribution in [0.25, 0.3) is 10.2 Å². The van der Waals surface area contributed by atoms with E-state index in [1.165, 1.54) is 11.3 Å². The molecule has 1 N–H and O–H groups in total. The van der Waals surface area contributed by atoms with Gasteiger partial charge in [-0.25, -0.2) is 4.79 Å². The molecule has 0 amide bonds. The molecule has 0 bridgehead atoms. The summed E-state index contributed by atoms with van der Waals surface area (Å²) in [5.74, 6) is -0.875. The van der Waals surface area contributed by atoms with Crippen molar-refractivity contribution in [2.45, 2.75) is 6.54 Å². The molecule has 0 aliphatic heterocycles. The fraction of sp³-hybridized carbons (Fsp3) is 0.273. The van der Waals surface area contributed by atoms with Gasteiger partial charge in [-0.3, -0.25) is 4.98 Å². The van der Waals surface area contributed by atoms with Gasteiger partial charge in [0.15, 0.2) is 0 Å². The molecule has 0 unspecified atom stereocenters. The molecule has 0 saturated heterocycles. The Bertz CT molecular complexity index is 534. The summed E-state index contributed by atoms with van der Waals surface area (Å²) in [5.41, 5.74) is 1.61. The van der Waals surface area contributed by atoms with E-state index in [-0.39, 0.29) is 0 Å². The Labute approximate surface area is 97.1 Å². The highest BCUT2D eigenvalue weighted by atomic mass is 32.1. The van der Waals surface area contributed by atoms with Crippen LogP contribution in [0.3, 0.4) is 0 Å². The van der Waals surface area contributed by atoms with Gasteiger partial charge in [0.1, 0.15) is 4.88 Å². The average Bonchev–Trinajstić information content (AvgIpc) is 2.57. The second-order valence-corrected chi connectivity index (χ2v) is 4.86. The van der Waals surface area contributed by atoms with Gasteiger partial charge in [-0.1, -0.05) is 0 Å². The first-order valence-corrected chi connectivity index (χ1v) is 5.65. The van der Waals surface area contributed by atoms with Gasteiger partial charge < -0.3 is 10.0 Å². The van der Waals surface area contributed by atoms with Crippen LogP contribution in [0.1, 0.15) is 15.2 Å². The number of pyridine rings is 1. The highest BCUT2D eigenvalue weighted by Gasteiger charge is 2.18. The van der Waals surface area contributed by atoms with Gasteiger partial charge >= 0.3 is 5.97 Å². The van der Waals surface area contributed by atoms with Crippen LogP contribution in [0.15, 0.2) is 18.3 Å². The van der Waals surface area contributed by atoms with Crippen molar-refractivity contribution in [2.75, 3.05) is 14.1 Å². The molecule has 2 rings (SSSR count). The Balaban J connectivity index is 2.64. The van der Waals surface area contributed by atoms with E-state index in [1.807, 2.05) is 31.1 Å². The number of carbonyl (C=O) groups is 1. The van der Waals surface area contributed by atoms with Crippen LogP contribution >= 0.6 is 11.3 Å². The third-order valence-corrected chi connectivity index (χ3v) is 3.39. The van der Waals surface area contributed by atoms with Crippen molar-refractivity contribution in [3.8, 4) is 0 Å². The van der Waals surface area contributed by atoms with E-state index in [2.05, 4.69) is 4.98 Å². The second-order valence-electron chi connectivity index (χ2n) is 3.80. The SMILES string of the molecule is CN(C)Cc1c(C(=O)O)sc2cccnc12. The topological polar surface area (TPSA) is 53.4 Å². The van der Waals surface area contributed by atoms with Crippen molar-refractivity contribution in [3.05, 3.63) is 28.8 Å². The Morgan fingerprint density at radius 2 is 2.31 bits per heavy atom. The van der Waals surface area contributed by atoms with Crippen LogP contribution in [-0.2, 0) is 6.54 Å². The number of carboxylic acid groups (broad SMARTS) is 1. The first-order chi connectivity index (χ1) is 7.59. The molecule has 0 spiro atoms. The van der Waals surface area contributed by atoms with Crippen molar-refractivity contribution >= 4 is 27.5 Å². The minimum Gasteiger partial charge on any atom is -0.477 e. The number of hydrogen-bond donors (Lipinski definition) is 1. The number of nitrogens with zero attached hydrogens (tertiary/aromatic N) is 2. The quantitative estimate of drug-likeness (QED) is 0.886. The number of rotatable bonds is 3. The highest BCUT2D eigenvalue weighted by Crippen LogP contribution is 2.30. The lowest BCUT2D eigenvalue weighted by atomic mass is 10.2. The predicted octanol–water partition coefficient (Wildman–Crippen LogP) is 2.06. The maximum atomic E-state index is 11.1. The third-order valence-electron chi connectivity index (χ3n) is 2.21. The average molecular weight is 236 g/mol. The largest absolute Gasteiger partial charge is 0.477 e. The molecule has 0 aliphatic rings. The fourth-order valence-electron chi connectivity index (χ4n) is 1.61. The zero-order valence-electron chi connectivity index (χ0n) is 9.10. The van der Waals surface area contributed by atoms with Crippen molar-refractivity contribution in [2.24, 2.45) is 0 Å². The summed E-state index contributed by atoms with van der Waals surface area (Å²) in [4.78, 5) is 17.7. The molecule has 2 heterocycles. The molecule has 0 atom stereocenters. The Morgan fingerprint density at radius 1 is 1.56 bits per heavy atom.